The summed E-state index contributed by atoms with van der Waals surface area (Å²) in [5.41, 5.74) is -0.120. The Labute approximate surface area is 163 Å². The van der Waals surface area contributed by atoms with Crippen LogP contribution in [0.5, 0.6) is 23.0 Å². The molecule has 1 saturated heterocycles. The van der Waals surface area contributed by atoms with Crippen LogP contribution in [0.4, 0.5) is 0 Å². The Morgan fingerprint density at radius 2 is 1.64 bits per heavy atom. The van der Waals surface area contributed by atoms with Gasteiger partial charge in [-0.3, -0.25) is 0 Å². The molecule has 7 heteroatoms. The van der Waals surface area contributed by atoms with E-state index in [1.54, 1.807) is 32.4 Å². The third-order valence-electron chi connectivity index (χ3n) is 5.09. The van der Waals surface area contributed by atoms with Crippen molar-refractivity contribution in [1.82, 2.24) is 0 Å². The number of aliphatic hydroxyl groups is 1. The second kappa shape index (κ2) is 7.98. The van der Waals surface area contributed by atoms with Crippen molar-refractivity contribution >= 4 is 5.97 Å². The molecule has 3 rings (SSSR count). The maximum Gasteiger partial charge on any atom is 0.338 e. The molecule has 2 aromatic rings. The van der Waals surface area contributed by atoms with Gasteiger partial charge in [-0.25, -0.2) is 4.79 Å². The number of esters is 1. The van der Waals surface area contributed by atoms with Gasteiger partial charge in [-0.1, -0.05) is 12.1 Å². The Balaban J connectivity index is 1.84. The molecule has 0 bridgehead atoms. The molecule has 1 aliphatic rings. The fraction of sp³-hybridized carbons (Fsp3) is 0.381. The first-order chi connectivity index (χ1) is 13.4. The smallest absolute Gasteiger partial charge is 0.338 e. The molecular formula is C21H24O7. The molecule has 0 saturated carbocycles. The molecule has 0 amide bonds. The van der Waals surface area contributed by atoms with E-state index in [0.717, 1.165) is 5.56 Å². The number of phenolic OH excluding ortho intramolecular Hbond substituents is 1. The quantitative estimate of drug-likeness (QED) is 0.702. The zero-order valence-electron chi connectivity index (χ0n) is 16.1. The predicted octanol–water partition coefficient (Wildman–Crippen LogP) is 2.11. The van der Waals surface area contributed by atoms with E-state index in [4.69, 9.17) is 18.9 Å². The van der Waals surface area contributed by atoms with Crippen molar-refractivity contribution in [2.75, 3.05) is 27.9 Å². The van der Waals surface area contributed by atoms with E-state index >= 15 is 0 Å². The van der Waals surface area contributed by atoms with Crippen molar-refractivity contribution < 1.29 is 34.0 Å². The summed E-state index contributed by atoms with van der Waals surface area (Å²) in [6.07, 6.45) is 0.484. The second-order valence-corrected chi connectivity index (χ2v) is 6.80. The van der Waals surface area contributed by atoms with Crippen LogP contribution in [0.1, 0.15) is 11.1 Å². The normalized spacial score (nSPS) is 21.3. The summed E-state index contributed by atoms with van der Waals surface area (Å²) in [5.74, 6) is 0.384. The van der Waals surface area contributed by atoms with Crippen LogP contribution >= 0.6 is 0 Å². The van der Waals surface area contributed by atoms with E-state index in [1.165, 1.54) is 13.2 Å². The minimum absolute atomic E-state index is 0.00545. The molecule has 7 nitrogen and oxygen atoms in total. The van der Waals surface area contributed by atoms with Crippen LogP contribution in [0.2, 0.25) is 0 Å². The van der Waals surface area contributed by atoms with Crippen molar-refractivity contribution in [2.24, 2.45) is 5.92 Å². The summed E-state index contributed by atoms with van der Waals surface area (Å²) in [6, 6.07) is 10.2. The SMILES string of the molecule is COc1cc(C[C@@]2(O)C(=O)OC[C@H]2Cc2ccc(OC)c(OC)c2)ccc1O. The highest BCUT2D eigenvalue weighted by atomic mass is 16.6. The Morgan fingerprint density at radius 3 is 2.32 bits per heavy atom. The molecule has 0 aromatic heterocycles. The second-order valence-electron chi connectivity index (χ2n) is 6.80. The zero-order valence-corrected chi connectivity index (χ0v) is 16.1. The number of hydrogen-bond acceptors (Lipinski definition) is 7. The molecule has 1 heterocycles. The van der Waals surface area contributed by atoms with E-state index in [0.29, 0.717) is 23.5 Å². The lowest BCUT2D eigenvalue weighted by Gasteiger charge is -2.26. The number of cyclic esters (lactones) is 1. The molecule has 0 spiro atoms. The molecule has 2 N–H and O–H groups in total. The maximum absolute atomic E-state index is 12.3. The lowest BCUT2D eigenvalue weighted by molar-refractivity contribution is -0.154. The first-order valence-corrected chi connectivity index (χ1v) is 8.87. The Morgan fingerprint density at radius 1 is 1.00 bits per heavy atom. The predicted molar refractivity (Wildman–Crippen MR) is 101 cm³/mol. The average molecular weight is 388 g/mol. The van der Waals surface area contributed by atoms with Crippen molar-refractivity contribution in [1.29, 1.82) is 0 Å². The van der Waals surface area contributed by atoms with Gasteiger partial charge < -0.3 is 29.2 Å². The molecule has 2 aromatic carbocycles. The summed E-state index contributed by atoms with van der Waals surface area (Å²) >= 11 is 0. The molecule has 0 unspecified atom stereocenters. The van der Waals surface area contributed by atoms with Crippen molar-refractivity contribution in [2.45, 2.75) is 18.4 Å². The van der Waals surface area contributed by atoms with Gasteiger partial charge in [-0.15, -0.1) is 0 Å². The maximum atomic E-state index is 12.3. The van der Waals surface area contributed by atoms with Gasteiger partial charge >= 0.3 is 5.97 Å². The number of aromatic hydroxyl groups is 1. The van der Waals surface area contributed by atoms with Gasteiger partial charge in [0.2, 0.25) is 0 Å². The molecule has 2 atom stereocenters. The van der Waals surface area contributed by atoms with E-state index in [9.17, 15) is 15.0 Å². The summed E-state index contributed by atoms with van der Waals surface area (Å²) in [4.78, 5) is 12.3. The summed E-state index contributed by atoms with van der Waals surface area (Å²) in [7, 11) is 4.56. The zero-order chi connectivity index (χ0) is 20.3. The number of methoxy groups -OCH3 is 3. The Kier molecular flexibility index (Phi) is 5.65. The van der Waals surface area contributed by atoms with Crippen LogP contribution < -0.4 is 14.2 Å². The van der Waals surface area contributed by atoms with E-state index in [2.05, 4.69) is 0 Å². The molecule has 0 radical (unpaired) electrons. The number of benzene rings is 2. The van der Waals surface area contributed by atoms with E-state index < -0.39 is 17.5 Å². The third-order valence-corrected chi connectivity index (χ3v) is 5.09. The highest BCUT2D eigenvalue weighted by Gasteiger charge is 2.51. The number of rotatable bonds is 7. The van der Waals surface area contributed by atoms with E-state index in [-0.39, 0.29) is 24.5 Å². The molecule has 150 valence electrons. The minimum atomic E-state index is -1.67. The molecule has 1 fully saturated rings. The van der Waals surface area contributed by atoms with E-state index in [1.807, 2.05) is 12.1 Å². The van der Waals surface area contributed by atoms with Crippen LogP contribution in [0.15, 0.2) is 36.4 Å². The standard InChI is InChI=1S/C21H24O7/c1-25-17-7-5-13(9-19(17)27-3)8-15-12-28-20(23)21(15,24)11-14-4-6-16(22)18(10-14)26-2/h4-7,9-10,15,22,24H,8,11-12H2,1-3H3/t15-,21+/m1/s1. The van der Waals surface area contributed by atoms with Crippen molar-refractivity contribution in [3.8, 4) is 23.0 Å². The number of carbonyl (C=O) groups is 1. The summed E-state index contributed by atoms with van der Waals surface area (Å²) < 4.78 is 20.9. The lowest BCUT2D eigenvalue weighted by atomic mass is 9.81. The lowest BCUT2D eigenvalue weighted by Crippen LogP contribution is -2.44. The van der Waals surface area contributed by atoms with Gasteiger partial charge in [0.15, 0.2) is 28.6 Å². The van der Waals surface area contributed by atoms with Gasteiger partial charge in [0.05, 0.1) is 27.9 Å². The molecule has 1 aliphatic heterocycles. The van der Waals surface area contributed by atoms with Crippen molar-refractivity contribution in [3.05, 3.63) is 47.5 Å². The van der Waals surface area contributed by atoms with Crippen LogP contribution in [0.25, 0.3) is 0 Å². The number of hydrogen-bond donors (Lipinski definition) is 2. The molecular weight excluding hydrogens is 364 g/mol. The Hall–Kier alpha value is -2.93. The van der Waals surface area contributed by atoms with Crippen LogP contribution in [0.3, 0.4) is 0 Å². The minimum Gasteiger partial charge on any atom is -0.504 e. The topological polar surface area (TPSA) is 94.5 Å². The van der Waals surface area contributed by atoms with Crippen LogP contribution in [0, 0.1) is 5.92 Å². The average Bonchev–Trinajstić information content (AvgIpc) is 2.97. The molecule has 0 aliphatic carbocycles. The third kappa shape index (κ3) is 3.71. The van der Waals surface area contributed by atoms with Gasteiger partial charge in [-0.05, 0) is 41.8 Å². The monoisotopic (exact) mass is 388 g/mol. The molecule has 28 heavy (non-hydrogen) atoms. The Bertz CT molecular complexity index is 864. The first-order valence-electron chi connectivity index (χ1n) is 8.87. The highest BCUT2D eigenvalue weighted by molar-refractivity contribution is 5.82. The van der Waals surface area contributed by atoms with Gasteiger partial charge in [0.25, 0.3) is 0 Å². The first kappa shape index (κ1) is 19.8. The number of phenols is 1. The summed E-state index contributed by atoms with van der Waals surface area (Å²) in [6.45, 7) is 0.124. The largest absolute Gasteiger partial charge is 0.504 e. The van der Waals surface area contributed by atoms with Crippen molar-refractivity contribution in [3.63, 3.8) is 0 Å². The fourth-order valence-corrected chi connectivity index (χ4v) is 3.49. The van der Waals surface area contributed by atoms with Crippen LogP contribution in [-0.2, 0) is 22.4 Å². The van der Waals surface area contributed by atoms with Gasteiger partial charge in [-0.2, -0.15) is 0 Å². The number of carbonyl (C=O) groups excluding carboxylic acids is 1. The number of ether oxygens (including phenoxy) is 4. The van der Waals surface area contributed by atoms with Gasteiger partial charge in [0, 0.05) is 12.3 Å². The van der Waals surface area contributed by atoms with Crippen LogP contribution in [-0.4, -0.2) is 49.7 Å². The summed E-state index contributed by atoms with van der Waals surface area (Å²) in [5, 5.41) is 20.9. The van der Waals surface area contributed by atoms with Gasteiger partial charge in [0.1, 0.15) is 0 Å². The highest BCUT2D eigenvalue weighted by Crippen LogP contribution is 2.36. The fourth-order valence-electron chi connectivity index (χ4n) is 3.49.